The second-order valence-electron chi connectivity index (χ2n) is 8.85. The second kappa shape index (κ2) is 9.74. The number of nitrogens with two attached hydrogens (primary N) is 1. The van der Waals surface area contributed by atoms with Gasteiger partial charge < -0.3 is 20.1 Å². The molecule has 3 N–H and O–H groups in total. The smallest absolute Gasteiger partial charge is 0.229 e. The number of hydrogen-bond donors (Lipinski definition) is 2. The number of ether oxygens (including phenoxy) is 2. The Hall–Kier alpha value is -4.12. The number of benzene rings is 2. The number of aromatic nitrogens is 3. The lowest BCUT2D eigenvalue weighted by Gasteiger charge is -2.22. The maximum absolute atomic E-state index is 11.6. The van der Waals surface area contributed by atoms with E-state index in [0.29, 0.717) is 70.6 Å². The Balaban J connectivity index is 1.54. The SMILES string of the molecule is COc1cc2nc(N3CCc4ccc(NS(C)(=O)=O)cc4CC3)nc(N)c2c(-c2ccccn2)c1OC. The molecule has 5 rings (SSSR count). The summed E-state index contributed by atoms with van der Waals surface area (Å²) in [5.74, 6) is 1.88. The summed E-state index contributed by atoms with van der Waals surface area (Å²) in [6, 6.07) is 13.1. The molecular formula is C26H28N6O4S. The highest BCUT2D eigenvalue weighted by atomic mass is 32.2. The van der Waals surface area contributed by atoms with Crippen LogP contribution in [0, 0.1) is 0 Å². The molecule has 0 aliphatic carbocycles. The summed E-state index contributed by atoms with van der Waals surface area (Å²) < 4.78 is 37.2. The molecule has 4 aromatic rings. The largest absolute Gasteiger partial charge is 0.493 e. The van der Waals surface area contributed by atoms with Gasteiger partial charge in [0.15, 0.2) is 11.5 Å². The van der Waals surface area contributed by atoms with Gasteiger partial charge >= 0.3 is 0 Å². The van der Waals surface area contributed by atoms with Crippen molar-refractivity contribution in [3.8, 4) is 22.8 Å². The lowest BCUT2D eigenvalue weighted by Crippen LogP contribution is -2.28. The molecule has 2 aromatic heterocycles. The van der Waals surface area contributed by atoms with Crippen molar-refractivity contribution in [3.63, 3.8) is 0 Å². The van der Waals surface area contributed by atoms with Crippen LogP contribution in [0.15, 0.2) is 48.7 Å². The molecule has 0 fully saturated rings. The number of nitrogens with one attached hydrogen (secondary N) is 1. The van der Waals surface area contributed by atoms with E-state index < -0.39 is 10.0 Å². The molecule has 0 amide bonds. The van der Waals surface area contributed by atoms with E-state index in [-0.39, 0.29) is 0 Å². The van der Waals surface area contributed by atoms with Crippen molar-refractivity contribution < 1.29 is 17.9 Å². The topological polar surface area (TPSA) is 133 Å². The molecular weight excluding hydrogens is 492 g/mol. The van der Waals surface area contributed by atoms with Crippen LogP contribution in [-0.2, 0) is 22.9 Å². The fraction of sp³-hybridized carbons (Fsp3) is 0.269. The molecule has 192 valence electrons. The quantitative estimate of drug-likeness (QED) is 0.393. The van der Waals surface area contributed by atoms with Gasteiger partial charge in [0.25, 0.3) is 0 Å². The van der Waals surface area contributed by atoms with E-state index in [0.717, 1.165) is 18.2 Å². The lowest BCUT2D eigenvalue weighted by atomic mass is 10.0. The first kappa shape index (κ1) is 24.6. The van der Waals surface area contributed by atoms with Gasteiger partial charge in [-0.1, -0.05) is 12.1 Å². The van der Waals surface area contributed by atoms with Crippen molar-refractivity contribution in [2.45, 2.75) is 12.8 Å². The summed E-state index contributed by atoms with van der Waals surface area (Å²) in [5.41, 5.74) is 11.3. The third kappa shape index (κ3) is 4.94. The highest BCUT2D eigenvalue weighted by molar-refractivity contribution is 7.92. The van der Waals surface area contributed by atoms with Gasteiger partial charge in [-0.15, -0.1) is 0 Å². The monoisotopic (exact) mass is 520 g/mol. The molecule has 0 saturated carbocycles. The minimum atomic E-state index is -3.34. The number of pyridine rings is 1. The molecule has 0 saturated heterocycles. The van der Waals surface area contributed by atoms with Crippen LogP contribution in [-0.4, -0.2) is 56.9 Å². The van der Waals surface area contributed by atoms with Gasteiger partial charge in [0.1, 0.15) is 5.82 Å². The molecule has 0 atom stereocenters. The Morgan fingerprint density at radius 3 is 2.46 bits per heavy atom. The van der Waals surface area contributed by atoms with E-state index in [1.54, 1.807) is 32.5 Å². The van der Waals surface area contributed by atoms with Crippen LogP contribution in [0.2, 0.25) is 0 Å². The van der Waals surface area contributed by atoms with Crippen LogP contribution in [0.5, 0.6) is 11.5 Å². The first-order valence-corrected chi connectivity index (χ1v) is 13.6. The number of sulfonamides is 1. The normalized spacial score (nSPS) is 13.6. The van der Waals surface area contributed by atoms with E-state index in [2.05, 4.69) is 19.6 Å². The Morgan fingerprint density at radius 1 is 1.00 bits per heavy atom. The fourth-order valence-electron chi connectivity index (χ4n) is 4.72. The van der Waals surface area contributed by atoms with Crippen LogP contribution >= 0.6 is 0 Å². The zero-order valence-electron chi connectivity index (χ0n) is 20.9. The molecule has 0 unspecified atom stereocenters. The number of fused-ring (bicyclic) bond motifs is 2. The van der Waals surface area contributed by atoms with Crippen LogP contribution in [0.3, 0.4) is 0 Å². The Bertz CT molecular complexity index is 1580. The number of methoxy groups -OCH3 is 2. The second-order valence-corrected chi connectivity index (χ2v) is 10.6. The number of nitrogen functional groups attached to an aromatic ring is 1. The van der Waals surface area contributed by atoms with Gasteiger partial charge in [-0.2, -0.15) is 4.98 Å². The van der Waals surface area contributed by atoms with E-state index in [1.165, 1.54) is 5.56 Å². The summed E-state index contributed by atoms with van der Waals surface area (Å²) in [5, 5.41) is 0.648. The summed E-state index contributed by atoms with van der Waals surface area (Å²) in [7, 11) is -0.188. The van der Waals surface area contributed by atoms with Gasteiger partial charge in [0, 0.05) is 31.0 Å². The number of nitrogens with zero attached hydrogens (tertiary/aromatic N) is 4. The third-order valence-electron chi connectivity index (χ3n) is 6.36. The molecule has 1 aliphatic heterocycles. The summed E-state index contributed by atoms with van der Waals surface area (Å²) >= 11 is 0. The van der Waals surface area contributed by atoms with E-state index in [1.807, 2.05) is 30.3 Å². The molecule has 11 heteroatoms. The standard InChI is InChI=1S/C26H28N6O4S/c1-35-21-15-20-23(22(24(21)36-2)19-6-4-5-11-28-19)25(27)30-26(29-20)32-12-9-16-7-8-18(31-37(3,33)34)14-17(16)10-13-32/h4-8,11,14-15,31H,9-10,12-13H2,1-3H3,(H2,27,29,30). The van der Waals surface area contributed by atoms with Gasteiger partial charge in [-0.3, -0.25) is 9.71 Å². The van der Waals surface area contributed by atoms with Crippen LogP contribution in [0.1, 0.15) is 11.1 Å². The number of hydrogen-bond acceptors (Lipinski definition) is 9. The Labute approximate surface area is 215 Å². The summed E-state index contributed by atoms with van der Waals surface area (Å²) in [4.78, 5) is 16.2. The van der Waals surface area contributed by atoms with Crippen molar-refractivity contribution >= 4 is 38.4 Å². The zero-order chi connectivity index (χ0) is 26.2. The van der Waals surface area contributed by atoms with Crippen molar-refractivity contribution in [1.29, 1.82) is 0 Å². The van der Waals surface area contributed by atoms with Gasteiger partial charge in [-0.25, -0.2) is 13.4 Å². The average Bonchev–Trinajstić information content (AvgIpc) is 3.09. The Morgan fingerprint density at radius 2 is 1.78 bits per heavy atom. The highest BCUT2D eigenvalue weighted by Gasteiger charge is 2.24. The molecule has 0 bridgehead atoms. The molecule has 3 heterocycles. The first-order chi connectivity index (χ1) is 17.8. The fourth-order valence-corrected chi connectivity index (χ4v) is 5.28. The van der Waals surface area contributed by atoms with Gasteiger partial charge in [0.05, 0.1) is 42.6 Å². The summed E-state index contributed by atoms with van der Waals surface area (Å²) in [6.07, 6.45) is 4.32. The van der Waals surface area contributed by atoms with Crippen molar-refractivity contribution in [1.82, 2.24) is 15.0 Å². The minimum Gasteiger partial charge on any atom is -0.493 e. The predicted molar refractivity (Wildman–Crippen MR) is 145 cm³/mol. The highest BCUT2D eigenvalue weighted by Crippen LogP contribution is 2.44. The van der Waals surface area contributed by atoms with Gasteiger partial charge in [-0.05, 0) is 48.2 Å². The maximum atomic E-state index is 11.6. The van der Waals surface area contributed by atoms with Crippen molar-refractivity contribution in [3.05, 3.63) is 59.8 Å². The van der Waals surface area contributed by atoms with Crippen molar-refractivity contribution in [2.24, 2.45) is 0 Å². The Kier molecular flexibility index (Phi) is 6.46. The molecule has 2 aromatic carbocycles. The molecule has 10 nitrogen and oxygen atoms in total. The van der Waals surface area contributed by atoms with Gasteiger partial charge in [0.2, 0.25) is 16.0 Å². The van der Waals surface area contributed by atoms with Crippen LogP contribution < -0.4 is 24.8 Å². The van der Waals surface area contributed by atoms with Crippen LogP contribution in [0.4, 0.5) is 17.5 Å². The minimum absolute atomic E-state index is 0.322. The lowest BCUT2D eigenvalue weighted by molar-refractivity contribution is 0.357. The van der Waals surface area contributed by atoms with Crippen LogP contribution in [0.25, 0.3) is 22.2 Å². The predicted octanol–water partition coefficient (Wildman–Crippen LogP) is 3.27. The third-order valence-corrected chi connectivity index (χ3v) is 6.97. The molecule has 0 spiro atoms. The number of rotatable bonds is 6. The molecule has 1 aliphatic rings. The van der Waals surface area contributed by atoms with E-state index in [4.69, 9.17) is 20.2 Å². The number of anilines is 3. The average molecular weight is 521 g/mol. The molecule has 37 heavy (non-hydrogen) atoms. The first-order valence-electron chi connectivity index (χ1n) is 11.8. The maximum Gasteiger partial charge on any atom is 0.229 e. The van der Waals surface area contributed by atoms with Crippen molar-refractivity contribution in [2.75, 3.05) is 48.9 Å². The van der Waals surface area contributed by atoms with E-state index in [9.17, 15) is 8.42 Å². The van der Waals surface area contributed by atoms with E-state index >= 15 is 0 Å². The molecule has 0 radical (unpaired) electrons. The zero-order valence-corrected chi connectivity index (χ0v) is 21.7. The summed E-state index contributed by atoms with van der Waals surface area (Å²) in [6.45, 7) is 1.35.